The average molecular weight is 648 g/mol. The third-order valence-corrected chi connectivity index (χ3v) is 7.41. The molecule has 2 aromatic carbocycles. The van der Waals surface area contributed by atoms with Crippen LogP contribution in [0, 0.1) is 0 Å². The van der Waals surface area contributed by atoms with Gasteiger partial charge in [-0.2, -0.15) is 46.9 Å². The van der Waals surface area contributed by atoms with Crippen LogP contribution in [-0.4, -0.2) is 35.7 Å². The Morgan fingerprint density at radius 3 is 2.08 bits per heavy atom. The number of carbonyl (C=O) groups excluding carboxylic acids is 1. The molecular weight excluding hydrogens is 630 g/mol. The number of rotatable bonds is 9. The molecule has 0 saturated heterocycles. The number of nitrogens with one attached hydrogen (secondary N) is 1. The van der Waals surface area contributed by atoms with E-state index in [2.05, 4.69) is 5.32 Å². The molecule has 0 aliphatic carbocycles. The summed E-state index contributed by atoms with van der Waals surface area (Å²) in [6.07, 6.45) is -9.39. The first-order valence-electron chi connectivity index (χ1n) is 10.6. The van der Waals surface area contributed by atoms with E-state index < -0.39 is 64.5 Å². The van der Waals surface area contributed by atoms with E-state index in [-0.39, 0.29) is 38.5 Å². The Bertz CT molecular complexity index is 1210. The van der Waals surface area contributed by atoms with Crippen LogP contribution in [0.4, 0.5) is 39.5 Å². The highest BCUT2D eigenvalue weighted by atomic mass is 35.5. The van der Waals surface area contributed by atoms with E-state index in [4.69, 9.17) is 40.5 Å². The van der Waals surface area contributed by atoms with Crippen LogP contribution >= 0.6 is 46.6 Å². The van der Waals surface area contributed by atoms with E-state index >= 15 is 4.39 Å². The van der Waals surface area contributed by atoms with E-state index in [0.29, 0.717) is 17.8 Å². The molecule has 0 aliphatic rings. The van der Waals surface area contributed by atoms with Crippen molar-refractivity contribution in [1.82, 2.24) is 5.32 Å². The summed E-state index contributed by atoms with van der Waals surface area (Å²) in [4.78, 5) is 12.4. The number of carbonyl (C=O) groups is 1. The van der Waals surface area contributed by atoms with Crippen molar-refractivity contribution in [3.05, 3.63) is 73.7 Å². The molecule has 39 heavy (non-hydrogen) atoms. The molecule has 1 amide bonds. The number of thioether (sulfide) groups is 1. The minimum Gasteiger partial charge on any atom is -0.349 e. The number of halogens is 12. The minimum absolute atomic E-state index is 0.178. The quantitative estimate of drug-likeness (QED) is 0.163. The summed E-state index contributed by atoms with van der Waals surface area (Å²) >= 11 is 17.9. The maximum Gasteiger partial charge on any atom is 0.417 e. The maximum absolute atomic E-state index is 15.0. The van der Waals surface area contributed by atoms with Crippen LogP contribution in [0.25, 0.3) is 5.83 Å². The van der Waals surface area contributed by atoms with Crippen molar-refractivity contribution in [2.75, 3.05) is 11.5 Å². The summed E-state index contributed by atoms with van der Waals surface area (Å²) in [7, 11) is 0. The summed E-state index contributed by atoms with van der Waals surface area (Å²) in [5.74, 6) is -6.54. The van der Waals surface area contributed by atoms with Crippen molar-refractivity contribution in [3.63, 3.8) is 0 Å². The lowest BCUT2D eigenvalue weighted by atomic mass is 9.94. The average Bonchev–Trinajstić information content (AvgIpc) is 2.77. The molecular formula is C23H18Cl3F9N2OS. The SMILES string of the molecule is CC(CSCC(F)(F)F)NC(=O)c1ccc(/C(F)=C/C(c2cc(Cl)c(Cl)c(Cl)c2)C(N)(F)F)cc1C(F)(F)F. The van der Waals surface area contributed by atoms with Gasteiger partial charge in [0.15, 0.2) is 0 Å². The molecule has 0 radical (unpaired) electrons. The van der Waals surface area contributed by atoms with Gasteiger partial charge in [0.05, 0.1) is 37.9 Å². The second-order valence-electron chi connectivity index (χ2n) is 8.23. The van der Waals surface area contributed by atoms with Crippen molar-refractivity contribution in [3.8, 4) is 0 Å². The van der Waals surface area contributed by atoms with Crippen LogP contribution in [0.5, 0.6) is 0 Å². The summed E-state index contributed by atoms with van der Waals surface area (Å²) in [5.41, 5.74) is 1.12. The van der Waals surface area contributed by atoms with Crippen molar-refractivity contribution < 1.29 is 44.3 Å². The van der Waals surface area contributed by atoms with Crippen LogP contribution in [0.2, 0.25) is 15.1 Å². The highest BCUT2D eigenvalue weighted by molar-refractivity contribution is 7.99. The van der Waals surface area contributed by atoms with Crippen molar-refractivity contribution in [2.45, 2.75) is 37.3 Å². The molecule has 0 bridgehead atoms. The van der Waals surface area contributed by atoms with E-state index in [0.717, 1.165) is 18.2 Å². The number of nitrogens with two attached hydrogens (primary N) is 1. The predicted molar refractivity (Wildman–Crippen MR) is 134 cm³/mol. The van der Waals surface area contributed by atoms with Gasteiger partial charge in [-0.15, -0.1) is 0 Å². The van der Waals surface area contributed by atoms with Gasteiger partial charge in [-0.05, 0) is 42.8 Å². The van der Waals surface area contributed by atoms with Crippen molar-refractivity contribution in [1.29, 1.82) is 0 Å². The lowest BCUT2D eigenvalue weighted by Crippen LogP contribution is -2.36. The molecule has 3 nitrogen and oxygen atoms in total. The Kier molecular flexibility index (Phi) is 11.0. The Hall–Kier alpha value is -1.80. The molecule has 216 valence electrons. The molecule has 0 spiro atoms. The van der Waals surface area contributed by atoms with Crippen LogP contribution in [0.1, 0.15) is 39.9 Å². The second kappa shape index (κ2) is 12.8. The Balaban J connectivity index is 2.42. The first-order chi connectivity index (χ1) is 17.7. The molecule has 2 aromatic rings. The normalized spacial score (nSPS) is 14.8. The first kappa shape index (κ1) is 33.4. The zero-order chi connectivity index (χ0) is 29.9. The molecule has 16 heteroatoms. The minimum atomic E-state index is -5.19. The van der Waals surface area contributed by atoms with E-state index in [9.17, 15) is 39.9 Å². The summed E-state index contributed by atoms with van der Waals surface area (Å²) in [5, 5.41) is 1.44. The molecule has 0 aromatic heterocycles. The Morgan fingerprint density at radius 2 is 1.59 bits per heavy atom. The van der Waals surface area contributed by atoms with Crippen LogP contribution < -0.4 is 11.1 Å². The smallest absolute Gasteiger partial charge is 0.349 e. The Morgan fingerprint density at radius 1 is 1.03 bits per heavy atom. The number of alkyl halides is 8. The van der Waals surface area contributed by atoms with Gasteiger partial charge in [0.25, 0.3) is 5.91 Å². The zero-order valence-electron chi connectivity index (χ0n) is 19.5. The van der Waals surface area contributed by atoms with Gasteiger partial charge >= 0.3 is 18.4 Å². The molecule has 0 aliphatic heterocycles. The third-order valence-electron chi connectivity index (χ3n) is 4.95. The maximum atomic E-state index is 15.0. The molecule has 3 N–H and O–H groups in total. The zero-order valence-corrected chi connectivity index (χ0v) is 22.5. The topological polar surface area (TPSA) is 55.1 Å². The monoisotopic (exact) mass is 646 g/mol. The van der Waals surface area contributed by atoms with E-state index in [1.54, 1.807) is 0 Å². The lowest BCUT2D eigenvalue weighted by Gasteiger charge is -2.22. The molecule has 0 saturated carbocycles. The summed E-state index contributed by atoms with van der Waals surface area (Å²) in [6, 6.07) is -1.61. The fourth-order valence-electron chi connectivity index (χ4n) is 3.25. The third kappa shape index (κ3) is 9.66. The fraction of sp³-hybridized carbons (Fsp3) is 0.348. The van der Waals surface area contributed by atoms with Gasteiger partial charge in [-0.1, -0.05) is 40.9 Å². The number of amides is 1. The predicted octanol–water partition coefficient (Wildman–Crippen LogP) is 8.73. The number of hydrogen-bond acceptors (Lipinski definition) is 3. The van der Waals surface area contributed by atoms with Gasteiger partial charge < -0.3 is 5.32 Å². The summed E-state index contributed by atoms with van der Waals surface area (Å²) in [6.45, 7) is 1.29. The van der Waals surface area contributed by atoms with Crippen molar-refractivity contribution in [2.24, 2.45) is 5.73 Å². The van der Waals surface area contributed by atoms with Crippen LogP contribution in [-0.2, 0) is 6.18 Å². The van der Waals surface area contributed by atoms with Crippen LogP contribution in [0.3, 0.4) is 0 Å². The fourth-order valence-corrected chi connectivity index (χ4v) is 4.65. The molecule has 0 fully saturated rings. The first-order valence-corrected chi connectivity index (χ1v) is 12.8. The van der Waals surface area contributed by atoms with E-state index in [1.807, 2.05) is 0 Å². The van der Waals surface area contributed by atoms with Gasteiger partial charge in [0, 0.05) is 17.4 Å². The molecule has 0 heterocycles. The molecule has 2 unspecified atom stereocenters. The number of hydrogen-bond donors (Lipinski definition) is 2. The van der Waals surface area contributed by atoms with Gasteiger partial charge in [0.2, 0.25) is 0 Å². The van der Waals surface area contributed by atoms with Gasteiger partial charge in [0.1, 0.15) is 5.83 Å². The highest BCUT2D eigenvalue weighted by Gasteiger charge is 2.38. The standard InChI is InChI=1S/C23H18Cl3F9N2OS/c1-10(8-39-9-21(28,29)30)37-20(38)13-3-2-11(4-15(13)22(31,32)33)18(27)7-14(23(34,35)36)12-5-16(24)19(26)17(25)6-12/h2-7,10,14H,8-9,36H2,1H3,(H,37,38)/b18-7-. The van der Waals surface area contributed by atoms with Gasteiger partial charge in [-0.25, -0.2) is 4.39 Å². The molecule has 2 atom stereocenters. The largest absolute Gasteiger partial charge is 0.417 e. The number of benzene rings is 2. The highest BCUT2D eigenvalue weighted by Crippen LogP contribution is 2.40. The second-order valence-corrected chi connectivity index (χ2v) is 10.5. The lowest BCUT2D eigenvalue weighted by molar-refractivity contribution is -0.138. The molecule has 2 rings (SSSR count). The van der Waals surface area contributed by atoms with E-state index in [1.165, 1.54) is 6.92 Å². The Labute approximate surface area is 235 Å². The van der Waals surface area contributed by atoms with Gasteiger partial charge in [-0.3, -0.25) is 10.5 Å². The summed E-state index contributed by atoms with van der Waals surface area (Å²) < 4.78 is 121. The van der Waals surface area contributed by atoms with Crippen LogP contribution in [0.15, 0.2) is 36.4 Å². The van der Waals surface area contributed by atoms with Crippen molar-refractivity contribution >= 4 is 58.3 Å².